The number of likely N-dealkylation sites (tertiary alicyclic amines) is 1. The van der Waals surface area contributed by atoms with Crippen LogP contribution in [0.4, 0.5) is 35.5 Å². The zero-order chi connectivity index (χ0) is 26.8. The van der Waals surface area contributed by atoms with Crippen molar-refractivity contribution in [2.75, 3.05) is 33.4 Å². The number of aromatic nitrogens is 1. The first-order valence-corrected chi connectivity index (χ1v) is 11.2. The molecule has 2 aromatic rings. The summed E-state index contributed by atoms with van der Waals surface area (Å²) in [5.74, 6) is -1.17. The topological polar surface area (TPSA) is 90.0 Å². The highest BCUT2D eigenvalue weighted by Crippen LogP contribution is 2.43. The average Bonchev–Trinajstić information content (AvgIpc) is 3.19. The molecule has 2 aromatic heterocycles. The van der Waals surface area contributed by atoms with Gasteiger partial charge in [-0.1, -0.05) is 0 Å². The molecule has 0 bridgehead atoms. The fourth-order valence-corrected chi connectivity index (χ4v) is 4.67. The lowest BCUT2D eigenvalue weighted by molar-refractivity contribution is -0.326. The monoisotopic (exact) mass is 547 g/mol. The maximum absolute atomic E-state index is 14.8. The van der Waals surface area contributed by atoms with Gasteiger partial charge in [-0.2, -0.15) is 13.2 Å². The summed E-state index contributed by atoms with van der Waals surface area (Å²) < 4.78 is 106. The minimum Gasteiger partial charge on any atom is -0.471 e. The van der Waals surface area contributed by atoms with Gasteiger partial charge >= 0.3 is 18.6 Å². The molecule has 36 heavy (non-hydrogen) atoms. The second-order valence-electron chi connectivity index (χ2n) is 7.64. The lowest BCUT2D eigenvalue weighted by Crippen LogP contribution is -2.49. The van der Waals surface area contributed by atoms with Crippen molar-refractivity contribution < 1.29 is 54.5 Å². The van der Waals surface area contributed by atoms with E-state index in [2.05, 4.69) is 19.8 Å². The number of carbonyl (C=O) groups excluding carboxylic acids is 2. The van der Waals surface area contributed by atoms with Crippen LogP contribution in [-0.4, -0.2) is 73.9 Å². The van der Waals surface area contributed by atoms with Crippen molar-refractivity contribution in [3.05, 3.63) is 22.1 Å². The zero-order valence-electron chi connectivity index (χ0n) is 18.8. The Labute approximate surface area is 203 Å². The van der Waals surface area contributed by atoms with Crippen molar-refractivity contribution in [3.63, 3.8) is 0 Å². The second kappa shape index (κ2) is 10.6. The molecule has 0 aromatic carbocycles. The minimum atomic E-state index is -4.89. The molecular weight excluding hydrogens is 527 g/mol. The van der Waals surface area contributed by atoms with E-state index in [4.69, 9.17) is 4.74 Å². The van der Waals surface area contributed by atoms with E-state index in [1.807, 2.05) is 0 Å². The molecule has 1 fully saturated rings. The number of nitrogens with one attached hydrogen (secondary N) is 1. The van der Waals surface area contributed by atoms with Crippen molar-refractivity contribution in [1.29, 1.82) is 0 Å². The SMILES string of the molecule is CNC(=O)c1csc2c(C(F)(F)F)c(C)c(OC3CCN(C(=O)OCCOC(F)(F)F)CC3F)nc12. The van der Waals surface area contributed by atoms with Crippen LogP contribution in [0.2, 0.25) is 0 Å². The number of amides is 2. The van der Waals surface area contributed by atoms with Gasteiger partial charge in [0, 0.05) is 31.0 Å². The number of rotatable bonds is 6. The molecule has 1 aliphatic rings. The van der Waals surface area contributed by atoms with Crippen molar-refractivity contribution in [3.8, 4) is 5.88 Å². The van der Waals surface area contributed by atoms with Crippen molar-refractivity contribution in [2.45, 2.75) is 38.2 Å². The smallest absolute Gasteiger partial charge is 0.471 e. The summed E-state index contributed by atoms with van der Waals surface area (Å²) in [4.78, 5) is 29.0. The molecule has 0 spiro atoms. The Kier molecular flexibility index (Phi) is 8.17. The van der Waals surface area contributed by atoms with Gasteiger partial charge in [0.1, 0.15) is 12.7 Å². The zero-order valence-corrected chi connectivity index (χ0v) is 19.6. The maximum Gasteiger partial charge on any atom is 0.522 e. The fourth-order valence-electron chi connectivity index (χ4n) is 3.56. The number of piperidine rings is 1. The van der Waals surface area contributed by atoms with Crippen LogP contribution in [-0.2, 0) is 15.7 Å². The van der Waals surface area contributed by atoms with Gasteiger partial charge in [0.25, 0.3) is 5.91 Å². The van der Waals surface area contributed by atoms with Gasteiger partial charge < -0.3 is 19.7 Å². The van der Waals surface area contributed by atoms with E-state index < -0.39 is 68.0 Å². The molecule has 2 unspecified atom stereocenters. The third-order valence-electron chi connectivity index (χ3n) is 5.23. The van der Waals surface area contributed by atoms with Crippen LogP contribution in [0, 0.1) is 6.92 Å². The van der Waals surface area contributed by atoms with E-state index in [1.165, 1.54) is 12.4 Å². The van der Waals surface area contributed by atoms with Crippen molar-refractivity contribution >= 4 is 33.6 Å². The maximum atomic E-state index is 14.8. The van der Waals surface area contributed by atoms with E-state index in [0.717, 1.165) is 11.8 Å². The number of hydrogen-bond donors (Lipinski definition) is 1. The summed E-state index contributed by atoms with van der Waals surface area (Å²) in [5, 5.41) is 3.55. The van der Waals surface area contributed by atoms with E-state index in [0.29, 0.717) is 11.3 Å². The minimum absolute atomic E-state index is 0.100. The number of carbonyl (C=O) groups is 2. The fraction of sp³-hybridized carbons (Fsp3) is 0.550. The van der Waals surface area contributed by atoms with Gasteiger partial charge in [-0.25, -0.2) is 14.2 Å². The molecule has 0 radical (unpaired) electrons. The first kappa shape index (κ1) is 27.7. The molecule has 1 aliphatic heterocycles. The van der Waals surface area contributed by atoms with Gasteiger partial charge in [0.15, 0.2) is 6.17 Å². The van der Waals surface area contributed by atoms with Crippen LogP contribution in [0.3, 0.4) is 0 Å². The molecule has 2 amide bonds. The molecule has 3 heterocycles. The van der Waals surface area contributed by atoms with Crippen LogP contribution in [0.5, 0.6) is 5.88 Å². The Bertz CT molecular complexity index is 1120. The standard InChI is InChI=1S/C20H20F7N3O5S/c1-9-13(19(22,23)24)15-14(10(8-36-15)16(31)28-2)29-17(9)35-12-3-4-30(7-11(12)21)18(32)33-5-6-34-20(25,26)27/h8,11-12H,3-7H2,1-2H3,(H,28,31). The number of thiophene rings is 1. The summed E-state index contributed by atoms with van der Waals surface area (Å²) in [6.07, 6.45) is -14.1. The Morgan fingerprint density at radius 2 is 1.92 bits per heavy atom. The predicted molar refractivity (Wildman–Crippen MR) is 112 cm³/mol. The first-order chi connectivity index (χ1) is 16.7. The van der Waals surface area contributed by atoms with E-state index in [-0.39, 0.29) is 34.3 Å². The summed E-state index contributed by atoms with van der Waals surface area (Å²) in [6, 6.07) is 0. The van der Waals surface area contributed by atoms with Crippen LogP contribution in [0.15, 0.2) is 5.38 Å². The van der Waals surface area contributed by atoms with Crippen molar-refractivity contribution in [2.24, 2.45) is 0 Å². The molecule has 2 atom stereocenters. The molecule has 16 heteroatoms. The van der Waals surface area contributed by atoms with Gasteiger partial charge in [0.2, 0.25) is 5.88 Å². The molecule has 3 rings (SSSR count). The summed E-state index contributed by atoms with van der Waals surface area (Å²) in [6.45, 7) is -1.25. The largest absolute Gasteiger partial charge is 0.522 e. The Hall–Kier alpha value is -2.88. The summed E-state index contributed by atoms with van der Waals surface area (Å²) in [7, 11) is 1.30. The first-order valence-electron chi connectivity index (χ1n) is 10.4. The third kappa shape index (κ3) is 6.27. The van der Waals surface area contributed by atoms with Crippen LogP contribution >= 0.6 is 11.3 Å². The molecule has 1 saturated heterocycles. The number of fused-ring (bicyclic) bond motifs is 1. The van der Waals surface area contributed by atoms with E-state index in [1.54, 1.807) is 0 Å². The predicted octanol–water partition coefficient (Wildman–Crippen LogP) is 4.45. The molecule has 200 valence electrons. The molecule has 0 aliphatic carbocycles. The number of halogens is 7. The number of alkyl halides is 7. The van der Waals surface area contributed by atoms with Crippen molar-refractivity contribution in [1.82, 2.24) is 15.2 Å². The summed E-state index contributed by atoms with van der Waals surface area (Å²) >= 11 is 0.691. The van der Waals surface area contributed by atoms with Gasteiger partial charge in [0.05, 0.1) is 34.5 Å². The van der Waals surface area contributed by atoms with Crippen LogP contribution in [0.25, 0.3) is 10.2 Å². The molecular formula is C20H20F7N3O5S. The van der Waals surface area contributed by atoms with E-state index >= 15 is 0 Å². The molecule has 0 saturated carbocycles. The van der Waals surface area contributed by atoms with Gasteiger partial charge in [-0.3, -0.25) is 9.53 Å². The second-order valence-corrected chi connectivity index (χ2v) is 8.52. The van der Waals surface area contributed by atoms with E-state index in [9.17, 15) is 40.3 Å². The highest BCUT2D eigenvalue weighted by atomic mass is 32.1. The Morgan fingerprint density at radius 1 is 1.22 bits per heavy atom. The quantitative estimate of drug-likeness (QED) is 0.425. The summed E-state index contributed by atoms with van der Waals surface area (Å²) in [5.41, 5.74) is -1.79. The average molecular weight is 547 g/mol. The molecule has 1 N–H and O–H groups in total. The Balaban J connectivity index is 1.75. The highest BCUT2D eigenvalue weighted by molar-refractivity contribution is 7.17. The van der Waals surface area contributed by atoms with Crippen LogP contribution in [0.1, 0.15) is 27.9 Å². The van der Waals surface area contributed by atoms with Gasteiger partial charge in [-0.05, 0) is 6.92 Å². The lowest BCUT2D eigenvalue weighted by Gasteiger charge is -2.34. The Morgan fingerprint density at radius 3 is 2.50 bits per heavy atom. The van der Waals surface area contributed by atoms with Gasteiger partial charge in [-0.15, -0.1) is 24.5 Å². The highest BCUT2D eigenvalue weighted by Gasteiger charge is 2.40. The number of ether oxygens (including phenoxy) is 3. The number of nitrogens with zero attached hydrogens (tertiary/aromatic N) is 2. The third-order valence-corrected chi connectivity index (χ3v) is 6.22. The number of pyridine rings is 1. The normalized spacial score (nSPS) is 18.9. The molecule has 8 nitrogen and oxygen atoms in total. The lowest BCUT2D eigenvalue weighted by atomic mass is 10.1. The number of hydrogen-bond acceptors (Lipinski definition) is 7. The van der Waals surface area contributed by atoms with Crippen LogP contribution < -0.4 is 10.1 Å².